The number of carbonyl (C=O) groups excluding carboxylic acids is 1. The van der Waals surface area contributed by atoms with Crippen LogP contribution in [0.15, 0.2) is 18.3 Å². The third-order valence-corrected chi connectivity index (χ3v) is 3.20. The number of aryl methyl sites for hydroxylation is 2. The zero-order valence-electron chi connectivity index (χ0n) is 9.19. The number of fused-ring (bicyclic) bond motifs is 3. The van der Waals surface area contributed by atoms with Gasteiger partial charge in [-0.1, -0.05) is 0 Å². The van der Waals surface area contributed by atoms with Gasteiger partial charge in [-0.2, -0.15) is 0 Å². The lowest BCUT2D eigenvalue weighted by atomic mass is 10.00. The summed E-state index contributed by atoms with van der Waals surface area (Å²) in [7, 11) is 1.96. The minimum atomic E-state index is 0.764. The smallest absolute Gasteiger partial charge is 0.152 e. The topological polar surface area (TPSA) is 31.2 Å². The molecule has 0 fully saturated rings. The number of nitrogens with zero attached hydrogens (tertiary/aromatic N) is 1. The molecule has 3 rings (SSSR count). The molecule has 0 radical (unpaired) electrons. The second-order valence-corrected chi connectivity index (χ2v) is 4.20. The Balaban J connectivity index is 2.40. The van der Waals surface area contributed by atoms with Crippen molar-refractivity contribution >= 4 is 17.2 Å². The highest BCUT2D eigenvalue weighted by molar-refractivity contribution is 6.00. The first-order chi connectivity index (χ1) is 7.81. The van der Waals surface area contributed by atoms with E-state index in [1.807, 2.05) is 29.9 Å². The lowest BCUT2D eigenvalue weighted by molar-refractivity contribution is 0.112. The standard InChI is InChI=1S/C13H13NO2/c1-14-7-9(8-15)13-10-3-2-6-16-12(10)5-4-11(13)14/h4-5,7-8H,2-3,6H2,1H3. The van der Waals surface area contributed by atoms with Crippen LogP contribution >= 0.6 is 0 Å². The lowest BCUT2D eigenvalue weighted by Gasteiger charge is -2.18. The number of benzene rings is 1. The van der Waals surface area contributed by atoms with E-state index in [9.17, 15) is 4.79 Å². The molecule has 0 N–H and O–H groups in total. The maximum absolute atomic E-state index is 11.1. The van der Waals surface area contributed by atoms with Crippen LogP contribution in [0.3, 0.4) is 0 Å². The molecule has 2 aromatic rings. The zero-order valence-corrected chi connectivity index (χ0v) is 9.19. The van der Waals surface area contributed by atoms with Crippen molar-refractivity contribution in [2.45, 2.75) is 12.8 Å². The van der Waals surface area contributed by atoms with Crippen molar-refractivity contribution in [1.29, 1.82) is 0 Å². The van der Waals surface area contributed by atoms with Gasteiger partial charge in [-0.3, -0.25) is 4.79 Å². The summed E-state index contributed by atoms with van der Waals surface area (Å²) in [6, 6.07) is 4.03. The van der Waals surface area contributed by atoms with Gasteiger partial charge in [0.15, 0.2) is 6.29 Å². The molecule has 0 unspecified atom stereocenters. The first-order valence-corrected chi connectivity index (χ1v) is 5.50. The van der Waals surface area contributed by atoms with Crippen molar-refractivity contribution in [3.63, 3.8) is 0 Å². The monoisotopic (exact) mass is 215 g/mol. The molecular weight excluding hydrogens is 202 g/mol. The van der Waals surface area contributed by atoms with Crippen LogP contribution in [0.4, 0.5) is 0 Å². The second kappa shape index (κ2) is 3.37. The molecular formula is C13H13NO2. The largest absolute Gasteiger partial charge is 0.493 e. The summed E-state index contributed by atoms with van der Waals surface area (Å²) in [6.07, 6.45) is 4.83. The molecule has 1 aliphatic rings. The number of rotatable bonds is 1. The van der Waals surface area contributed by atoms with Gasteiger partial charge in [0, 0.05) is 35.3 Å². The third kappa shape index (κ3) is 1.18. The first-order valence-electron chi connectivity index (χ1n) is 5.50. The Labute approximate surface area is 93.6 Å². The quantitative estimate of drug-likeness (QED) is 0.683. The molecule has 0 aliphatic carbocycles. The van der Waals surface area contributed by atoms with Crippen molar-refractivity contribution in [2.24, 2.45) is 7.05 Å². The summed E-state index contributed by atoms with van der Waals surface area (Å²) >= 11 is 0. The normalized spacial score (nSPS) is 14.6. The van der Waals surface area contributed by atoms with E-state index in [1.54, 1.807) is 0 Å². The van der Waals surface area contributed by atoms with Gasteiger partial charge >= 0.3 is 0 Å². The fraction of sp³-hybridized carbons (Fsp3) is 0.308. The van der Waals surface area contributed by atoms with Crippen LogP contribution in [-0.2, 0) is 13.5 Å². The van der Waals surface area contributed by atoms with Gasteiger partial charge in [-0.15, -0.1) is 0 Å². The average molecular weight is 215 g/mol. The molecule has 1 aromatic carbocycles. The van der Waals surface area contributed by atoms with E-state index in [0.29, 0.717) is 0 Å². The van der Waals surface area contributed by atoms with Gasteiger partial charge in [0.05, 0.1) is 6.61 Å². The van der Waals surface area contributed by atoms with E-state index in [1.165, 1.54) is 5.56 Å². The van der Waals surface area contributed by atoms with Crippen LogP contribution in [0, 0.1) is 0 Å². The van der Waals surface area contributed by atoms with Gasteiger partial charge in [-0.25, -0.2) is 0 Å². The minimum absolute atomic E-state index is 0.764. The highest BCUT2D eigenvalue weighted by atomic mass is 16.5. The van der Waals surface area contributed by atoms with Crippen LogP contribution < -0.4 is 4.74 Å². The van der Waals surface area contributed by atoms with Crippen molar-refractivity contribution in [3.05, 3.63) is 29.5 Å². The SMILES string of the molecule is Cn1cc(C=O)c2c3c(ccc21)OCCC3. The van der Waals surface area contributed by atoms with Gasteiger partial charge in [0.2, 0.25) is 0 Å². The Morgan fingerprint density at radius 2 is 2.31 bits per heavy atom. The Bertz CT molecular complexity index is 569. The predicted octanol–water partition coefficient (Wildman–Crippen LogP) is 2.32. The van der Waals surface area contributed by atoms with Crippen LogP contribution in [-0.4, -0.2) is 17.5 Å². The summed E-state index contributed by atoms with van der Waals surface area (Å²) < 4.78 is 7.61. The predicted molar refractivity (Wildman–Crippen MR) is 62.1 cm³/mol. The van der Waals surface area contributed by atoms with Crippen molar-refractivity contribution in [2.75, 3.05) is 6.61 Å². The third-order valence-electron chi connectivity index (χ3n) is 3.20. The van der Waals surface area contributed by atoms with Gasteiger partial charge in [0.1, 0.15) is 5.75 Å². The molecule has 2 heterocycles. The fourth-order valence-electron chi connectivity index (χ4n) is 2.48. The van der Waals surface area contributed by atoms with Crippen molar-refractivity contribution in [3.8, 4) is 5.75 Å². The Kier molecular flexibility index (Phi) is 1.99. The Morgan fingerprint density at radius 3 is 3.12 bits per heavy atom. The summed E-state index contributed by atoms with van der Waals surface area (Å²) in [5.41, 5.74) is 3.05. The number of carbonyl (C=O) groups is 1. The van der Waals surface area contributed by atoms with Crippen molar-refractivity contribution < 1.29 is 9.53 Å². The van der Waals surface area contributed by atoms with E-state index in [0.717, 1.165) is 48.0 Å². The van der Waals surface area contributed by atoms with E-state index in [4.69, 9.17) is 4.74 Å². The summed E-state index contributed by atoms with van der Waals surface area (Å²) in [5.74, 6) is 0.938. The molecule has 82 valence electrons. The Morgan fingerprint density at radius 1 is 1.44 bits per heavy atom. The van der Waals surface area contributed by atoms with E-state index < -0.39 is 0 Å². The van der Waals surface area contributed by atoms with Gasteiger partial charge < -0.3 is 9.30 Å². The van der Waals surface area contributed by atoms with Gasteiger partial charge in [-0.05, 0) is 25.0 Å². The van der Waals surface area contributed by atoms with E-state index in [2.05, 4.69) is 0 Å². The number of aldehydes is 1. The molecule has 16 heavy (non-hydrogen) atoms. The first kappa shape index (κ1) is 9.46. The molecule has 1 aliphatic heterocycles. The second-order valence-electron chi connectivity index (χ2n) is 4.20. The highest BCUT2D eigenvalue weighted by Gasteiger charge is 2.17. The summed E-state index contributed by atoms with van der Waals surface area (Å²) in [6.45, 7) is 0.780. The van der Waals surface area contributed by atoms with Gasteiger partial charge in [0.25, 0.3) is 0 Å². The van der Waals surface area contributed by atoms with Crippen LogP contribution in [0.2, 0.25) is 0 Å². The average Bonchev–Trinajstić information content (AvgIpc) is 2.66. The van der Waals surface area contributed by atoms with E-state index >= 15 is 0 Å². The number of ether oxygens (including phenoxy) is 1. The van der Waals surface area contributed by atoms with Crippen LogP contribution in [0.5, 0.6) is 5.75 Å². The summed E-state index contributed by atoms with van der Waals surface area (Å²) in [4.78, 5) is 11.1. The Hall–Kier alpha value is -1.77. The lowest BCUT2D eigenvalue weighted by Crippen LogP contribution is -2.08. The molecule has 1 aromatic heterocycles. The summed E-state index contributed by atoms with van der Waals surface area (Å²) in [5, 5.41) is 1.06. The molecule has 0 amide bonds. The molecule has 0 atom stereocenters. The molecule has 0 bridgehead atoms. The minimum Gasteiger partial charge on any atom is -0.493 e. The maximum atomic E-state index is 11.1. The number of hydrogen-bond donors (Lipinski definition) is 0. The molecule has 3 nitrogen and oxygen atoms in total. The fourth-order valence-corrected chi connectivity index (χ4v) is 2.48. The van der Waals surface area contributed by atoms with Crippen molar-refractivity contribution in [1.82, 2.24) is 4.57 Å². The molecule has 0 saturated heterocycles. The maximum Gasteiger partial charge on any atom is 0.152 e. The zero-order chi connectivity index (χ0) is 11.1. The number of aromatic nitrogens is 1. The molecule has 0 spiro atoms. The van der Waals surface area contributed by atoms with E-state index in [-0.39, 0.29) is 0 Å². The molecule has 0 saturated carbocycles. The molecule has 3 heteroatoms. The highest BCUT2D eigenvalue weighted by Crippen LogP contribution is 2.34. The van der Waals surface area contributed by atoms with Crippen LogP contribution in [0.25, 0.3) is 10.9 Å². The van der Waals surface area contributed by atoms with Crippen LogP contribution in [0.1, 0.15) is 22.3 Å². The number of hydrogen-bond acceptors (Lipinski definition) is 2.